The lowest BCUT2D eigenvalue weighted by Gasteiger charge is -2.37. The number of aromatic amines is 1. The van der Waals surface area contributed by atoms with Crippen molar-refractivity contribution in [3.05, 3.63) is 36.0 Å². The van der Waals surface area contributed by atoms with E-state index >= 15 is 0 Å². The molecule has 2 aliphatic rings. The normalized spacial score (nSPS) is 18.0. The number of piperazine rings is 1. The highest BCUT2D eigenvalue weighted by Gasteiger charge is 2.24. The Hall–Kier alpha value is -1.85. The van der Waals surface area contributed by atoms with Gasteiger partial charge in [0.2, 0.25) is 5.91 Å². The van der Waals surface area contributed by atoms with Crippen molar-refractivity contribution >= 4 is 46.7 Å². The average Bonchev–Trinajstić information content (AvgIpc) is 3.23. The van der Waals surface area contributed by atoms with Crippen molar-refractivity contribution in [3.63, 3.8) is 0 Å². The van der Waals surface area contributed by atoms with Gasteiger partial charge in [-0.15, -0.1) is 24.0 Å². The van der Waals surface area contributed by atoms with Crippen molar-refractivity contribution in [2.75, 3.05) is 72.6 Å². The number of nitrogens with one attached hydrogen (secondary N) is 2. The Morgan fingerprint density at radius 1 is 1.09 bits per heavy atom. The molecule has 9 heteroatoms. The molecule has 1 aromatic heterocycles. The molecule has 8 nitrogen and oxygen atoms in total. The van der Waals surface area contributed by atoms with Gasteiger partial charge in [0, 0.05) is 70.0 Å². The maximum Gasteiger partial charge on any atom is 0.236 e. The number of nitrogens with zero attached hydrogens (tertiary/aromatic N) is 4. The van der Waals surface area contributed by atoms with E-state index in [0.29, 0.717) is 32.8 Å². The number of hydrogen-bond acceptors (Lipinski definition) is 4. The Labute approximate surface area is 207 Å². The van der Waals surface area contributed by atoms with Crippen LogP contribution < -0.4 is 5.32 Å². The first-order valence-electron chi connectivity index (χ1n) is 11.3. The van der Waals surface area contributed by atoms with Crippen molar-refractivity contribution in [2.45, 2.75) is 12.8 Å². The fraction of sp³-hybridized carbons (Fsp3) is 0.565. The molecule has 2 saturated heterocycles. The van der Waals surface area contributed by atoms with E-state index in [2.05, 4.69) is 55.6 Å². The molecule has 176 valence electrons. The van der Waals surface area contributed by atoms with Gasteiger partial charge in [0.05, 0.1) is 19.8 Å². The van der Waals surface area contributed by atoms with Crippen molar-refractivity contribution < 1.29 is 9.53 Å². The zero-order valence-electron chi connectivity index (χ0n) is 18.9. The third-order valence-corrected chi connectivity index (χ3v) is 6.19. The quantitative estimate of drug-likeness (QED) is 0.247. The van der Waals surface area contributed by atoms with Gasteiger partial charge in [-0.3, -0.25) is 14.7 Å². The fourth-order valence-corrected chi connectivity index (χ4v) is 4.37. The number of rotatable bonds is 6. The van der Waals surface area contributed by atoms with Gasteiger partial charge in [-0.25, -0.2) is 0 Å². The molecule has 2 N–H and O–H groups in total. The molecule has 4 rings (SSSR count). The number of para-hydroxylation sites is 1. The van der Waals surface area contributed by atoms with Crippen molar-refractivity contribution in [2.24, 2.45) is 4.99 Å². The monoisotopic (exact) mass is 554 g/mol. The summed E-state index contributed by atoms with van der Waals surface area (Å²) in [4.78, 5) is 26.8. The van der Waals surface area contributed by atoms with Crippen LogP contribution in [0.25, 0.3) is 10.9 Å². The summed E-state index contributed by atoms with van der Waals surface area (Å²) >= 11 is 0. The number of amides is 1. The molecule has 2 fully saturated rings. The van der Waals surface area contributed by atoms with Gasteiger partial charge < -0.3 is 24.8 Å². The molecule has 1 aromatic carbocycles. The standard InChI is InChI=1S/C23H34N6O2.HI/c1-24-23(25-8-4-5-19-17-26-21-7-3-2-6-20(19)21)29-11-9-27(10-12-29)18-22(30)28-13-15-31-16-14-28;/h2-3,6-7,17,26H,4-5,8-16,18H2,1H3,(H,24,25);1H. The minimum Gasteiger partial charge on any atom is -0.378 e. The van der Waals surface area contributed by atoms with E-state index < -0.39 is 0 Å². The lowest BCUT2D eigenvalue weighted by Crippen LogP contribution is -2.55. The van der Waals surface area contributed by atoms with Crippen LogP contribution in [-0.2, 0) is 16.0 Å². The van der Waals surface area contributed by atoms with Gasteiger partial charge in [-0.2, -0.15) is 0 Å². The number of H-pyrrole nitrogens is 1. The summed E-state index contributed by atoms with van der Waals surface area (Å²) in [5.74, 6) is 1.18. The summed E-state index contributed by atoms with van der Waals surface area (Å²) in [5, 5.41) is 4.83. The third kappa shape index (κ3) is 6.35. The zero-order chi connectivity index (χ0) is 21.5. The predicted molar refractivity (Wildman–Crippen MR) is 139 cm³/mol. The molecule has 0 saturated carbocycles. The second-order valence-electron chi connectivity index (χ2n) is 8.19. The highest BCUT2D eigenvalue weighted by Crippen LogP contribution is 2.18. The highest BCUT2D eigenvalue weighted by molar-refractivity contribution is 14.0. The SMILES string of the molecule is CN=C(NCCCc1c[nH]c2ccccc12)N1CCN(CC(=O)N2CCOCC2)CC1.I. The van der Waals surface area contributed by atoms with Crippen molar-refractivity contribution in [3.8, 4) is 0 Å². The smallest absolute Gasteiger partial charge is 0.236 e. The molecule has 0 atom stereocenters. The van der Waals surface area contributed by atoms with E-state index in [1.54, 1.807) is 0 Å². The molecule has 0 aliphatic carbocycles. The number of halogens is 1. The van der Waals surface area contributed by atoms with Crippen LogP contribution in [0.4, 0.5) is 0 Å². The minimum atomic E-state index is 0. The first-order valence-corrected chi connectivity index (χ1v) is 11.3. The number of aryl methyl sites for hydroxylation is 1. The van der Waals surface area contributed by atoms with E-state index in [9.17, 15) is 4.79 Å². The van der Waals surface area contributed by atoms with E-state index in [-0.39, 0.29) is 29.9 Å². The number of fused-ring (bicyclic) bond motifs is 1. The number of morpholine rings is 1. The maximum atomic E-state index is 12.5. The molecule has 2 aliphatic heterocycles. The van der Waals surface area contributed by atoms with Gasteiger partial charge in [0.15, 0.2) is 5.96 Å². The summed E-state index contributed by atoms with van der Waals surface area (Å²) < 4.78 is 5.34. The largest absolute Gasteiger partial charge is 0.378 e. The Balaban J connectivity index is 0.00000289. The van der Waals surface area contributed by atoms with Crippen LogP contribution in [-0.4, -0.2) is 104 Å². The summed E-state index contributed by atoms with van der Waals surface area (Å²) in [6.07, 6.45) is 4.21. The van der Waals surface area contributed by atoms with Gasteiger partial charge in [0.1, 0.15) is 0 Å². The number of hydrogen-bond donors (Lipinski definition) is 2. The van der Waals surface area contributed by atoms with Crippen molar-refractivity contribution in [1.82, 2.24) is 25.0 Å². The van der Waals surface area contributed by atoms with Crippen LogP contribution in [0.2, 0.25) is 0 Å². The number of aliphatic imine (C=N–C) groups is 1. The number of carbonyl (C=O) groups is 1. The molecular formula is C23H35IN6O2. The summed E-state index contributed by atoms with van der Waals surface area (Å²) in [6, 6.07) is 8.45. The zero-order valence-corrected chi connectivity index (χ0v) is 21.2. The van der Waals surface area contributed by atoms with E-state index in [0.717, 1.165) is 51.5 Å². The van der Waals surface area contributed by atoms with Crippen LogP contribution in [0.15, 0.2) is 35.5 Å². The average molecular weight is 554 g/mol. The second kappa shape index (κ2) is 12.4. The van der Waals surface area contributed by atoms with Crippen LogP contribution in [0, 0.1) is 0 Å². The third-order valence-electron chi connectivity index (χ3n) is 6.19. The number of guanidine groups is 1. The maximum absolute atomic E-state index is 12.5. The molecule has 3 heterocycles. The van der Waals surface area contributed by atoms with Crippen molar-refractivity contribution in [1.29, 1.82) is 0 Å². The molecule has 0 spiro atoms. The summed E-state index contributed by atoms with van der Waals surface area (Å²) in [6.45, 7) is 7.67. The Morgan fingerprint density at radius 3 is 2.59 bits per heavy atom. The summed E-state index contributed by atoms with van der Waals surface area (Å²) in [7, 11) is 1.84. The molecule has 0 unspecified atom stereocenters. The first-order chi connectivity index (χ1) is 15.2. The molecular weight excluding hydrogens is 519 g/mol. The molecule has 0 radical (unpaired) electrons. The lowest BCUT2D eigenvalue weighted by molar-refractivity contribution is -0.136. The van der Waals surface area contributed by atoms with Gasteiger partial charge >= 0.3 is 0 Å². The van der Waals surface area contributed by atoms with E-state index in [1.807, 2.05) is 11.9 Å². The molecule has 2 aromatic rings. The van der Waals surface area contributed by atoms with Crippen LogP contribution in [0.3, 0.4) is 0 Å². The predicted octanol–water partition coefficient (Wildman–Crippen LogP) is 1.77. The van der Waals surface area contributed by atoms with Crippen LogP contribution in [0.1, 0.15) is 12.0 Å². The number of aromatic nitrogens is 1. The molecule has 32 heavy (non-hydrogen) atoms. The molecule has 0 bridgehead atoms. The Bertz CT molecular complexity index is 887. The van der Waals surface area contributed by atoms with Gasteiger partial charge in [-0.1, -0.05) is 18.2 Å². The molecule has 1 amide bonds. The fourth-order valence-electron chi connectivity index (χ4n) is 4.37. The number of benzene rings is 1. The van der Waals surface area contributed by atoms with Gasteiger partial charge in [0.25, 0.3) is 0 Å². The van der Waals surface area contributed by atoms with Gasteiger partial charge in [-0.05, 0) is 24.5 Å². The lowest BCUT2D eigenvalue weighted by atomic mass is 10.1. The van der Waals surface area contributed by atoms with Crippen LogP contribution >= 0.6 is 24.0 Å². The van der Waals surface area contributed by atoms with Crippen LogP contribution in [0.5, 0.6) is 0 Å². The second-order valence-corrected chi connectivity index (χ2v) is 8.19. The Kier molecular flexibility index (Phi) is 9.61. The first kappa shape index (κ1) is 24.8. The Morgan fingerprint density at radius 2 is 1.84 bits per heavy atom. The minimum absolute atomic E-state index is 0. The highest BCUT2D eigenvalue weighted by atomic mass is 127. The summed E-state index contributed by atoms with van der Waals surface area (Å²) in [5.41, 5.74) is 2.57. The number of ether oxygens (including phenoxy) is 1. The topological polar surface area (TPSA) is 76.2 Å². The van der Waals surface area contributed by atoms with E-state index in [1.165, 1.54) is 16.5 Å². The van der Waals surface area contributed by atoms with E-state index in [4.69, 9.17) is 4.74 Å². The number of carbonyl (C=O) groups excluding carboxylic acids is 1.